The van der Waals surface area contributed by atoms with E-state index in [2.05, 4.69) is 77.9 Å². The van der Waals surface area contributed by atoms with Crippen molar-refractivity contribution >= 4 is 23.1 Å². The quantitative estimate of drug-likeness (QED) is 0.492. The Hall–Kier alpha value is -3.63. The van der Waals surface area contributed by atoms with E-state index in [1.54, 1.807) is 6.07 Å². The van der Waals surface area contributed by atoms with Gasteiger partial charge in [-0.05, 0) is 48.7 Å². The average Bonchev–Trinajstić information content (AvgIpc) is 3.32. The van der Waals surface area contributed by atoms with Crippen LogP contribution in [0.25, 0.3) is 0 Å². The summed E-state index contributed by atoms with van der Waals surface area (Å²) in [7, 11) is 4.12. The van der Waals surface area contributed by atoms with E-state index in [-0.39, 0.29) is 0 Å². The van der Waals surface area contributed by atoms with Crippen LogP contribution in [-0.4, -0.2) is 43.2 Å². The number of aryl methyl sites for hydroxylation is 1. The summed E-state index contributed by atoms with van der Waals surface area (Å²) in [5.41, 5.74) is 4.97. The molecule has 176 valence electrons. The lowest BCUT2D eigenvalue weighted by Crippen LogP contribution is -2.32. The van der Waals surface area contributed by atoms with E-state index in [4.69, 9.17) is 9.97 Å². The summed E-state index contributed by atoms with van der Waals surface area (Å²) < 4.78 is 0. The lowest BCUT2D eigenvalue weighted by atomic mass is 10.2. The minimum Gasteiger partial charge on any atom is -0.378 e. The van der Waals surface area contributed by atoms with E-state index >= 15 is 0 Å². The van der Waals surface area contributed by atoms with Gasteiger partial charge in [0.1, 0.15) is 5.82 Å². The number of aromatic nitrogens is 2. The Kier molecular flexibility index (Phi) is 7.61. The highest BCUT2D eigenvalue weighted by atomic mass is 15.3. The number of hydrogen-bond donors (Lipinski definition) is 2. The molecule has 0 amide bonds. The van der Waals surface area contributed by atoms with Gasteiger partial charge in [-0.1, -0.05) is 31.5 Å². The molecule has 1 fully saturated rings. The summed E-state index contributed by atoms with van der Waals surface area (Å²) in [6.07, 6.45) is 3.01. The summed E-state index contributed by atoms with van der Waals surface area (Å²) in [5.74, 6) is 1.53. The minimum absolute atomic E-state index is 0.418. The van der Waals surface area contributed by atoms with Crippen molar-refractivity contribution in [3.63, 3.8) is 0 Å². The molecule has 0 aliphatic carbocycles. The summed E-state index contributed by atoms with van der Waals surface area (Å²) in [4.78, 5) is 14.0. The van der Waals surface area contributed by atoms with Gasteiger partial charge in [-0.2, -0.15) is 10.2 Å². The third-order valence-corrected chi connectivity index (χ3v) is 6.08. The fourth-order valence-corrected chi connectivity index (χ4v) is 4.19. The number of nitrogens with one attached hydrogen (secondary N) is 2. The molecule has 2 aromatic carbocycles. The van der Waals surface area contributed by atoms with Crippen LogP contribution in [0.4, 0.5) is 23.1 Å². The van der Waals surface area contributed by atoms with Crippen LogP contribution < -0.4 is 20.4 Å². The van der Waals surface area contributed by atoms with Crippen molar-refractivity contribution in [3.8, 4) is 6.07 Å². The van der Waals surface area contributed by atoms with Crippen LogP contribution in [0.1, 0.15) is 36.6 Å². The van der Waals surface area contributed by atoms with Crippen molar-refractivity contribution in [3.05, 3.63) is 71.4 Å². The zero-order valence-electron chi connectivity index (χ0n) is 20.3. The molecule has 0 saturated carbocycles. The fourth-order valence-electron chi connectivity index (χ4n) is 4.19. The van der Waals surface area contributed by atoms with Gasteiger partial charge in [0.05, 0.1) is 11.6 Å². The molecule has 0 bridgehead atoms. The first-order chi connectivity index (χ1) is 16.5. The van der Waals surface area contributed by atoms with E-state index in [0.29, 0.717) is 17.6 Å². The molecule has 2 N–H and O–H groups in total. The second-order valence-corrected chi connectivity index (χ2v) is 8.98. The second-order valence-electron chi connectivity index (χ2n) is 8.98. The Morgan fingerprint density at radius 3 is 2.68 bits per heavy atom. The van der Waals surface area contributed by atoms with Crippen molar-refractivity contribution in [1.29, 1.82) is 5.26 Å². The average molecular weight is 456 g/mol. The predicted octanol–water partition coefficient (Wildman–Crippen LogP) is 4.48. The highest BCUT2D eigenvalue weighted by molar-refractivity contribution is 5.58. The lowest BCUT2D eigenvalue weighted by molar-refractivity contribution is 0.551. The molecule has 3 aromatic rings. The fraction of sp³-hybridized carbons (Fsp3) is 0.370. The van der Waals surface area contributed by atoms with Gasteiger partial charge >= 0.3 is 0 Å². The molecular formula is C27H33N7. The Labute approximate surface area is 202 Å². The standard InChI is InChI=1S/C27H33N7/c1-4-6-22-16-26(32-27(30-22)31-23-8-5-7-21(15-23)17-28)34-14-13-24(19-34)29-18-20-9-11-25(12-10-20)33(2)3/h5,7-12,15-16,24,29H,4,6,13-14,18-19H2,1-3H3,(H,30,31,32). The molecule has 34 heavy (non-hydrogen) atoms. The first kappa shape index (κ1) is 23.5. The number of hydrogen-bond acceptors (Lipinski definition) is 7. The monoisotopic (exact) mass is 455 g/mol. The molecule has 7 nitrogen and oxygen atoms in total. The maximum absolute atomic E-state index is 9.18. The van der Waals surface area contributed by atoms with Gasteiger partial charge in [-0.3, -0.25) is 0 Å². The van der Waals surface area contributed by atoms with Crippen LogP contribution in [0.2, 0.25) is 0 Å². The Balaban J connectivity index is 1.42. The van der Waals surface area contributed by atoms with E-state index in [0.717, 1.165) is 56.1 Å². The first-order valence-electron chi connectivity index (χ1n) is 11.9. The van der Waals surface area contributed by atoms with Gasteiger partial charge in [-0.25, -0.2) is 4.98 Å². The lowest BCUT2D eigenvalue weighted by Gasteiger charge is -2.20. The molecule has 2 heterocycles. The molecule has 1 atom stereocenters. The van der Waals surface area contributed by atoms with Gasteiger partial charge in [0.15, 0.2) is 0 Å². The minimum atomic E-state index is 0.418. The van der Waals surface area contributed by atoms with E-state index < -0.39 is 0 Å². The largest absolute Gasteiger partial charge is 0.378 e. The Bertz CT molecular complexity index is 1130. The molecule has 7 heteroatoms. The van der Waals surface area contributed by atoms with Crippen molar-refractivity contribution in [2.24, 2.45) is 0 Å². The normalized spacial score (nSPS) is 15.2. The van der Waals surface area contributed by atoms with Crippen LogP contribution in [0.15, 0.2) is 54.6 Å². The molecule has 1 aliphatic rings. The molecule has 1 unspecified atom stereocenters. The molecule has 1 aromatic heterocycles. The van der Waals surface area contributed by atoms with Crippen LogP contribution in [0.3, 0.4) is 0 Å². The van der Waals surface area contributed by atoms with Crippen molar-refractivity contribution in [1.82, 2.24) is 15.3 Å². The Morgan fingerprint density at radius 1 is 1.12 bits per heavy atom. The Morgan fingerprint density at radius 2 is 1.94 bits per heavy atom. The molecule has 1 aliphatic heterocycles. The van der Waals surface area contributed by atoms with Gasteiger partial charge in [0.25, 0.3) is 0 Å². The van der Waals surface area contributed by atoms with Crippen molar-refractivity contribution in [2.75, 3.05) is 42.3 Å². The van der Waals surface area contributed by atoms with E-state index in [9.17, 15) is 5.26 Å². The third kappa shape index (κ3) is 6.03. The topological polar surface area (TPSA) is 80.1 Å². The van der Waals surface area contributed by atoms with Crippen molar-refractivity contribution in [2.45, 2.75) is 38.8 Å². The molecular weight excluding hydrogens is 422 g/mol. The molecule has 0 spiro atoms. The zero-order valence-corrected chi connectivity index (χ0v) is 20.3. The molecule has 4 rings (SSSR count). The maximum atomic E-state index is 9.18. The number of nitriles is 1. The number of rotatable bonds is 9. The van der Waals surface area contributed by atoms with Crippen LogP contribution in [0, 0.1) is 11.3 Å². The van der Waals surface area contributed by atoms with Gasteiger partial charge in [0.2, 0.25) is 5.95 Å². The van der Waals surface area contributed by atoms with Gasteiger partial charge in [-0.15, -0.1) is 0 Å². The smallest absolute Gasteiger partial charge is 0.229 e. The molecule has 1 saturated heterocycles. The van der Waals surface area contributed by atoms with E-state index in [1.807, 2.05) is 18.2 Å². The maximum Gasteiger partial charge on any atom is 0.229 e. The van der Waals surface area contributed by atoms with Gasteiger partial charge in [0, 0.05) is 62.9 Å². The van der Waals surface area contributed by atoms with Crippen LogP contribution in [-0.2, 0) is 13.0 Å². The first-order valence-corrected chi connectivity index (χ1v) is 11.9. The summed E-state index contributed by atoms with van der Waals surface area (Å²) in [6, 6.07) is 20.8. The second kappa shape index (κ2) is 11.0. The van der Waals surface area contributed by atoms with Crippen LogP contribution in [0.5, 0.6) is 0 Å². The number of nitrogens with zero attached hydrogens (tertiary/aromatic N) is 5. The predicted molar refractivity (Wildman–Crippen MR) is 139 cm³/mol. The zero-order chi connectivity index (χ0) is 23.9. The number of benzene rings is 2. The molecule has 0 radical (unpaired) electrons. The highest BCUT2D eigenvalue weighted by Crippen LogP contribution is 2.23. The van der Waals surface area contributed by atoms with E-state index in [1.165, 1.54) is 11.3 Å². The van der Waals surface area contributed by atoms with Gasteiger partial charge < -0.3 is 20.4 Å². The summed E-state index contributed by atoms with van der Waals surface area (Å²) >= 11 is 0. The summed E-state index contributed by atoms with van der Waals surface area (Å²) in [6.45, 7) is 4.90. The summed E-state index contributed by atoms with van der Waals surface area (Å²) in [5, 5.41) is 16.2. The van der Waals surface area contributed by atoms with Crippen LogP contribution >= 0.6 is 0 Å². The third-order valence-electron chi connectivity index (χ3n) is 6.08. The number of anilines is 4. The van der Waals surface area contributed by atoms with Crippen molar-refractivity contribution < 1.29 is 0 Å². The SMILES string of the molecule is CCCc1cc(N2CCC(NCc3ccc(N(C)C)cc3)C2)nc(Nc2cccc(C#N)c2)n1. The highest BCUT2D eigenvalue weighted by Gasteiger charge is 2.24.